The maximum atomic E-state index is 5.71. The van der Waals surface area contributed by atoms with Gasteiger partial charge in [0.2, 0.25) is 0 Å². The van der Waals surface area contributed by atoms with Crippen molar-refractivity contribution in [3.8, 4) is 0 Å². The number of hydrogen-bond donors (Lipinski definition) is 1. The quantitative estimate of drug-likeness (QED) is 0.659. The van der Waals surface area contributed by atoms with Gasteiger partial charge in [0.05, 0.1) is 0 Å². The van der Waals surface area contributed by atoms with E-state index in [0.717, 1.165) is 12.1 Å². The van der Waals surface area contributed by atoms with E-state index in [9.17, 15) is 0 Å². The molecule has 62 valence electrons. The van der Waals surface area contributed by atoms with Crippen molar-refractivity contribution in [2.45, 2.75) is 32.6 Å². The van der Waals surface area contributed by atoms with Crippen LogP contribution in [0.3, 0.4) is 0 Å². The molecular weight excluding hydrogens is 134 g/mol. The van der Waals surface area contributed by atoms with Gasteiger partial charge >= 0.3 is 0 Å². The van der Waals surface area contributed by atoms with Gasteiger partial charge in [-0.25, -0.2) is 0 Å². The van der Waals surface area contributed by atoms with Gasteiger partial charge in [-0.3, -0.25) is 0 Å². The molecule has 0 aromatic carbocycles. The van der Waals surface area contributed by atoms with Crippen molar-refractivity contribution < 1.29 is 0 Å². The molecule has 0 saturated heterocycles. The predicted molar refractivity (Wildman–Crippen MR) is 49.0 cm³/mol. The third-order valence-electron chi connectivity index (χ3n) is 2.12. The fourth-order valence-corrected chi connectivity index (χ4v) is 1.44. The molecule has 0 aromatic heterocycles. The topological polar surface area (TPSA) is 26.0 Å². The first-order valence-electron chi connectivity index (χ1n) is 4.45. The molecule has 0 radical (unpaired) electrons. The van der Waals surface area contributed by atoms with Crippen LogP contribution >= 0.6 is 0 Å². The number of unbranched alkanes of at least 4 members (excludes halogenated alkanes) is 1. The van der Waals surface area contributed by atoms with Crippen LogP contribution in [0.1, 0.15) is 32.6 Å². The van der Waals surface area contributed by atoms with E-state index in [0.29, 0.717) is 5.92 Å². The van der Waals surface area contributed by atoms with E-state index in [1.807, 2.05) is 6.08 Å². The second kappa shape index (κ2) is 4.22. The molecule has 0 heterocycles. The third-order valence-corrected chi connectivity index (χ3v) is 2.12. The van der Waals surface area contributed by atoms with Crippen LogP contribution in [-0.2, 0) is 0 Å². The van der Waals surface area contributed by atoms with Gasteiger partial charge in [-0.1, -0.05) is 31.9 Å². The Balaban J connectivity index is 2.28. The molecule has 0 fully saturated rings. The number of hydrogen-bond acceptors (Lipinski definition) is 1. The first kappa shape index (κ1) is 8.38. The van der Waals surface area contributed by atoms with Crippen molar-refractivity contribution in [1.29, 1.82) is 0 Å². The molecule has 11 heavy (non-hydrogen) atoms. The van der Waals surface area contributed by atoms with Gasteiger partial charge in [0.25, 0.3) is 0 Å². The van der Waals surface area contributed by atoms with Crippen molar-refractivity contribution in [1.82, 2.24) is 0 Å². The fraction of sp³-hybridized carbons (Fsp3) is 0.600. The standard InChI is InChI=1S/C10H17N/c1-2-3-5-9-6-4-7-10(11)8-9/h4,6-7,9H,2-3,5,8,11H2,1H3. The lowest BCUT2D eigenvalue weighted by molar-refractivity contribution is 0.544. The molecule has 1 atom stereocenters. The first-order valence-corrected chi connectivity index (χ1v) is 4.45. The summed E-state index contributed by atoms with van der Waals surface area (Å²) in [6.45, 7) is 2.23. The second-order valence-corrected chi connectivity index (χ2v) is 3.23. The lowest BCUT2D eigenvalue weighted by Crippen LogP contribution is -2.07. The Morgan fingerprint density at radius 2 is 2.45 bits per heavy atom. The van der Waals surface area contributed by atoms with Crippen molar-refractivity contribution in [2.24, 2.45) is 11.7 Å². The molecule has 0 amide bonds. The van der Waals surface area contributed by atoms with Crippen LogP contribution in [0.4, 0.5) is 0 Å². The van der Waals surface area contributed by atoms with Crippen molar-refractivity contribution in [3.05, 3.63) is 23.9 Å². The number of rotatable bonds is 3. The average molecular weight is 151 g/mol. The average Bonchev–Trinajstić information content (AvgIpc) is 2.01. The molecule has 1 aliphatic carbocycles. The lowest BCUT2D eigenvalue weighted by atomic mass is 9.93. The Hall–Kier alpha value is -0.720. The Morgan fingerprint density at radius 1 is 1.64 bits per heavy atom. The zero-order valence-electron chi connectivity index (χ0n) is 7.22. The van der Waals surface area contributed by atoms with Crippen LogP contribution in [0.5, 0.6) is 0 Å². The molecule has 0 aromatic rings. The Morgan fingerprint density at radius 3 is 3.09 bits per heavy atom. The molecular formula is C10H17N. The smallest absolute Gasteiger partial charge is 0.00862 e. The van der Waals surface area contributed by atoms with E-state index < -0.39 is 0 Å². The monoisotopic (exact) mass is 151 g/mol. The molecule has 1 aliphatic rings. The summed E-state index contributed by atoms with van der Waals surface area (Å²) >= 11 is 0. The largest absolute Gasteiger partial charge is 0.402 e. The summed E-state index contributed by atoms with van der Waals surface area (Å²) in [4.78, 5) is 0. The van der Waals surface area contributed by atoms with Gasteiger partial charge in [0, 0.05) is 5.70 Å². The molecule has 0 aliphatic heterocycles. The zero-order valence-corrected chi connectivity index (χ0v) is 7.22. The third kappa shape index (κ3) is 2.79. The fourth-order valence-electron chi connectivity index (χ4n) is 1.44. The Bertz CT molecular complexity index is 168. The molecule has 1 heteroatoms. The predicted octanol–water partition coefficient (Wildman–Crippen LogP) is 2.60. The van der Waals surface area contributed by atoms with Gasteiger partial charge in [0.15, 0.2) is 0 Å². The summed E-state index contributed by atoms with van der Waals surface area (Å²) in [6.07, 6.45) is 11.3. The van der Waals surface area contributed by atoms with Crippen molar-refractivity contribution in [2.75, 3.05) is 0 Å². The second-order valence-electron chi connectivity index (χ2n) is 3.23. The molecule has 2 N–H and O–H groups in total. The summed E-state index contributed by atoms with van der Waals surface area (Å²) in [7, 11) is 0. The minimum atomic E-state index is 0.708. The van der Waals surface area contributed by atoms with Gasteiger partial charge in [-0.05, 0) is 24.8 Å². The summed E-state index contributed by atoms with van der Waals surface area (Å²) in [5.74, 6) is 0.708. The van der Waals surface area contributed by atoms with Crippen LogP contribution in [0.15, 0.2) is 23.9 Å². The van der Waals surface area contributed by atoms with E-state index in [1.165, 1.54) is 19.3 Å². The molecule has 0 saturated carbocycles. The van der Waals surface area contributed by atoms with Crippen molar-refractivity contribution in [3.63, 3.8) is 0 Å². The summed E-state index contributed by atoms with van der Waals surface area (Å²) < 4.78 is 0. The molecule has 1 nitrogen and oxygen atoms in total. The van der Waals surface area contributed by atoms with E-state index in [2.05, 4.69) is 19.1 Å². The highest BCUT2D eigenvalue weighted by atomic mass is 14.6. The highest BCUT2D eigenvalue weighted by Gasteiger charge is 2.07. The minimum absolute atomic E-state index is 0.708. The van der Waals surface area contributed by atoms with Gasteiger partial charge in [-0.2, -0.15) is 0 Å². The summed E-state index contributed by atoms with van der Waals surface area (Å²) in [5.41, 5.74) is 6.74. The van der Waals surface area contributed by atoms with Crippen molar-refractivity contribution >= 4 is 0 Å². The summed E-state index contributed by atoms with van der Waals surface area (Å²) in [5, 5.41) is 0. The number of allylic oxidation sites excluding steroid dienone is 4. The highest BCUT2D eigenvalue weighted by molar-refractivity contribution is 5.17. The molecule has 1 rings (SSSR count). The SMILES string of the molecule is CCCCC1C=CC=C(N)C1. The van der Waals surface area contributed by atoms with Gasteiger partial charge in [-0.15, -0.1) is 0 Å². The highest BCUT2D eigenvalue weighted by Crippen LogP contribution is 2.20. The van der Waals surface area contributed by atoms with E-state index >= 15 is 0 Å². The van der Waals surface area contributed by atoms with E-state index in [4.69, 9.17) is 5.73 Å². The maximum Gasteiger partial charge on any atom is 0.00862 e. The minimum Gasteiger partial charge on any atom is -0.402 e. The van der Waals surface area contributed by atoms with Gasteiger partial charge < -0.3 is 5.73 Å². The van der Waals surface area contributed by atoms with Crippen LogP contribution < -0.4 is 5.73 Å². The molecule has 0 bridgehead atoms. The summed E-state index contributed by atoms with van der Waals surface area (Å²) in [6, 6.07) is 0. The van der Waals surface area contributed by atoms with Crippen LogP contribution in [0.2, 0.25) is 0 Å². The number of nitrogens with two attached hydrogens (primary N) is 1. The zero-order chi connectivity index (χ0) is 8.10. The molecule has 0 spiro atoms. The Labute approximate surface area is 69.0 Å². The van der Waals surface area contributed by atoms with Crippen LogP contribution in [-0.4, -0.2) is 0 Å². The first-order chi connectivity index (χ1) is 5.33. The Kier molecular flexibility index (Phi) is 3.21. The van der Waals surface area contributed by atoms with Crippen LogP contribution in [0.25, 0.3) is 0 Å². The van der Waals surface area contributed by atoms with E-state index in [-0.39, 0.29) is 0 Å². The van der Waals surface area contributed by atoms with E-state index in [1.54, 1.807) is 0 Å². The van der Waals surface area contributed by atoms with Gasteiger partial charge in [0.1, 0.15) is 0 Å². The molecule has 1 unspecified atom stereocenters. The normalized spacial score (nSPS) is 23.4. The van der Waals surface area contributed by atoms with Crippen LogP contribution in [0, 0.1) is 5.92 Å². The lowest BCUT2D eigenvalue weighted by Gasteiger charge is -2.14. The maximum absolute atomic E-state index is 5.71.